The summed E-state index contributed by atoms with van der Waals surface area (Å²) in [6.07, 6.45) is 43.4. The predicted molar refractivity (Wildman–Crippen MR) is 348 cm³/mol. The van der Waals surface area contributed by atoms with Crippen molar-refractivity contribution in [2.45, 2.75) is 272 Å². The Labute approximate surface area is 509 Å². The van der Waals surface area contributed by atoms with Crippen LogP contribution in [0.3, 0.4) is 0 Å². The molecule has 0 aromatic heterocycles. The van der Waals surface area contributed by atoms with Crippen molar-refractivity contribution in [3.05, 3.63) is 0 Å². The maximum absolute atomic E-state index is 14.9. The van der Waals surface area contributed by atoms with Crippen LogP contribution in [0.2, 0.25) is 0 Å². The highest BCUT2D eigenvalue weighted by atomic mass is 31.2. The summed E-state index contributed by atoms with van der Waals surface area (Å²) in [5.41, 5.74) is 0. The highest BCUT2D eigenvalue weighted by Gasteiger charge is 2.38. The first kappa shape index (κ1) is 76.1. The third-order valence-electron chi connectivity index (χ3n) is 16.6. The van der Waals surface area contributed by atoms with Crippen LogP contribution in [-0.2, 0) is 40.8 Å². The summed E-state index contributed by atoms with van der Waals surface area (Å²) in [5, 5.41) is 3.34. The smallest absolute Gasteiger partial charge is 0.344 e. The van der Waals surface area contributed by atoms with Gasteiger partial charge in [-0.3, -0.25) is 36.9 Å². The van der Waals surface area contributed by atoms with Crippen LogP contribution < -0.4 is 5.09 Å². The topological polar surface area (TPSA) is 163 Å². The van der Waals surface area contributed by atoms with Crippen LogP contribution in [0.4, 0.5) is 0 Å². The second-order valence-corrected chi connectivity index (χ2v) is 29.3. The van der Waals surface area contributed by atoms with E-state index in [4.69, 9.17) is 31.9 Å². The fraction of sp³-hybridized carbons (Fsp3) is 0.968. The summed E-state index contributed by atoms with van der Waals surface area (Å²) >= 11 is 0. The van der Waals surface area contributed by atoms with Crippen LogP contribution in [0, 0.1) is 0 Å². The second kappa shape index (κ2) is 47.8. The van der Waals surface area contributed by atoms with E-state index in [1.807, 2.05) is 23.9 Å². The zero-order valence-corrected chi connectivity index (χ0v) is 57.4. The molecule has 0 amide bonds. The van der Waals surface area contributed by atoms with Crippen molar-refractivity contribution in [3.8, 4) is 0 Å². The summed E-state index contributed by atoms with van der Waals surface area (Å²) in [6, 6.07) is 0. The molecule has 0 aromatic carbocycles. The molecule has 18 nitrogen and oxygen atoms in total. The van der Waals surface area contributed by atoms with Crippen molar-refractivity contribution in [3.63, 3.8) is 0 Å². The minimum absolute atomic E-state index is 0.00695. The van der Waals surface area contributed by atoms with Crippen molar-refractivity contribution in [2.24, 2.45) is 9.53 Å². The zero-order chi connectivity index (χ0) is 60.1. The van der Waals surface area contributed by atoms with Crippen molar-refractivity contribution in [2.75, 3.05) is 120 Å². The summed E-state index contributed by atoms with van der Waals surface area (Å²) in [5.74, 6) is 1.21. The maximum atomic E-state index is 14.9. The molecule has 1 N–H and O–H groups in total. The fourth-order valence-corrected chi connectivity index (χ4v) is 15.3. The van der Waals surface area contributed by atoms with E-state index < -0.39 is 23.2 Å². The molecule has 0 aliphatic carbocycles. The molecule has 3 rings (SSSR count). The molecule has 3 aliphatic heterocycles. The molecule has 0 aromatic rings. The van der Waals surface area contributed by atoms with Gasteiger partial charge in [0, 0.05) is 80.1 Å². The summed E-state index contributed by atoms with van der Waals surface area (Å²) in [7, 11) is -4.43. The third-order valence-corrected chi connectivity index (χ3v) is 21.0. The van der Waals surface area contributed by atoms with E-state index in [9.17, 15) is 13.7 Å². The first-order valence-corrected chi connectivity index (χ1v) is 38.8. The maximum Gasteiger partial charge on any atom is 0.457 e. The Bertz CT molecular complexity index is 1810. The lowest BCUT2D eigenvalue weighted by molar-refractivity contribution is 0.113. The Kier molecular flexibility index (Phi) is 43.9. The molecule has 0 bridgehead atoms. The molecule has 4 atom stereocenters. The van der Waals surface area contributed by atoms with Crippen LogP contribution in [0.5, 0.6) is 0 Å². The Morgan fingerprint density at radius 3 is 1.11 bits per heavy atom. The lowest BCUT2D eigenvalue weighted by Gasteiger charge is -2.32. The molecule has 3 saturated heterocycles. The first-order valence-electron chi connectivity index (χ1n) is 34.3. The van der Waals surface area contributed by atoms with Gasteiger partial charge in [-0.2, -0.15) is 5.09 Å². The van der Waals surface area contributed by atoms with Crippen molar-refractivity contribution in [1.82, 2.24) is 34.5 Å². The lowest BCUT2D eigenvalue weighted by atomic mass is 10.1. The lowest BCUT2D eigenvalue weighted by Crippen LogP contribution is -2.47. The molecule has 0 radical (unpaired) electrons. The van der Waals surface area contributed by atoms with Crippen LogP contribution in [0.1, 0.15) is 265 Å². The van der Waals surface area contributed by atoms with Gasteiger partial charge in [-0.15, -0.1) is 9.53 Å². The van der Waals surface area contributed by atoms with Gasteiger partial charge in [-0.05, 0) is 45.6 Å². The van der Waals surface area contributed by atoms with E-state index in [0.29, 0.717) is 18.5 Å². The Hall–Kier alpha value is -1.13. The Morgan fingerprint density at radius 1 is 0.386 bits per heavy atom. The molecule has 0 spiro atoms. The van der Waals surface area contributed by atoms with E-state index in [-0.39, 0.29) is 45.6 Å². The quantitative estimate of drug-likeness (QED) is 0.0452. The second-order valence-electron chi connectivity index (χ2n) is 24.1. The Balaban J connectivity index is 1.64. The van der Waals surface area contributed by atoms with Gasteiger partial charge in [-0.1, -0.05) is 227 Å². The average molecular weight is 1240 g/mol. The monoisotopic (exact) mass is 1240 g/mol. The van der Waals surface area contributed by atoms with Crippen molar-refractivity contribution in [1.29, 1.82) is 0 Å². The molecule has 21 heteroatoms. The van der Waals surface area contributed by atoms with Crippen molar-refractivity contribution >= 4 is 35.2 Å². The largest absolute Gasteiger partial charge is 0.457 e. The number of guanidine groups is 2. The highest BCUT2D eigenvalue weighted by Crippen LogP contribution is 2.53. The van der Waals surface area contributed by atoms with Crippen LogP contribution in [0.25, 0.3) is 0 Å². The highest BCUT2D eigenvalue weighted by molar-refractivity contribution is 7.53. The minimum atomic E-state index is -4.12. The molecule has 3 fully saturated rings. The molecular formula is C62H128N9O9P3. The van der Waals surface area contributed by atoms with Gasteiger partial charge in [0.1, 0.15) is 6.29 Å². The number of hydrogen-bond acceptors (Lipinski definition) is 11. The average Bonchev–Trinajstić information content (AvgIpc) is 4.37. The summed E-state index contributed by atoms with van der Waals surface area (Å²) in [6.45, 7) is 16.7. The van der Waals surface area contributed by atoms with Gasteiger partial charge in [0.15, 0.2) is 0 Å². The number of nitrogens with zero attached hydrogens (tertiary/aromatic N) is 8. The molecule has 490 valence electrons. The van der Waals surface area contributed by atoms with Crippen LogP contribution in [0.15, 0.2) is 9.53 Å². The standard InChI is InChI=1S/C62H128N9O9P3/c1-9-13-17-21-24-27-30-33-36-40-46-69-52-49-66(5)60(69)63-81(72,75-8)76-56-44-57-79-83(74,65-62-68(7)51-54-71(62)48-42-38-35-32-29-26-23-19-15-11-3)80-59-45-58-78-82(73,77-55-43-39-20-16-12-4)64-61-67(6)50-53-70(61)47-41-37-34-31-28-25-22-18-14-10-2/h61H,9-59H2,1-8H3,(H,64,73). The molecule has 4 unspecified atom stereocenters. The predicted octanol–water partition coefficient (Wildman–Crippen LogP) is 16.9. The SMILES string of the molecule is CCCCCCCCCCCCN1CCN(C)C1=NP(=O)(OC)OCCCOP(=O)(N=C1N(C)CCN1CCCCCCCCCCCC)OCCCOP(=O)(NC1N(C)CCN1CCCCCCCCCCCC)OCCCCCCC. The zero-order valence-electron chi connectivity index (χ0n) is 54.7. The molecule has 3 heterocycles. The number of unbranched alkanes of at least 4 members (excludes halogenated alkanes) is 31. The van der Waals surface area contributed by atoms with Gasteiger partial charge >= 0.3 is 23.2 Å². The molecular weight excluding hydrogens is 1110 g/mol. The molecule has 3 aliphatic rings. The summed E-state index contributed by atoms with van der Waals surface area (Å²) < 4.78 is 88.9. The van der Waals surface area contributed by atoms with E-state index >= 15 is 0 Å². The first-order chi connectivity index (χ1) is 40.3. The normalized spacial score (nSPS) is 19.5. The van der Waals surface area contributed by atoms with Crippen LogP contribution in [-0.4, -0.2) is 168 Å². The van der Waals surface area contributed by atoms with E-state index in [1.54, 1.807) is 0 Å². The van der Waals surface area contributed by atoms with Gasteiger partial charge in [0.05, 0.1) is 33.0 Å². The number of likely N-dealkylation sites (N-methyl/N-ethyl adjacent to an activating group) is 3. The third kappa shape index (κ3) is 34.4. The molecule has 0 saturated carbocycles. The van der Waals surface area contributed by atoms with E-state index in [1.165, 1.54) is 168 Å². The van der Waals surface area contributed by atoms with E-state index in [2.05, 4.69) is 64.2 Å². The fourth-order valence-electron chi connectivity index (χ4n) is 11.2. The number of hydrogen-bond donors (Lipinski definition) is 1. The minimum Gasteiger partial charge on any atom is -0.344 e. The van der Waals surface area contributed by atoms with Crippen LogP contribution >= 0.6 is 23.2 Å². The summed E-state index contributed by atoms with van der Waals surface area (Å²) in [4.78, 5) is 12.9. The van der Waals surface area contributed by atoms with E-state index in [0.717, 1.165) is 123 Å². The van der Waals surface area contributed by atoms with Gasteiger partial charge < -0.3 is 19.6 Å². The van der Waals surface area contributed by atoms with Gasteiger partial charge in [-0.25, -0.2) is 13.7 Å². The molecule has 83 heavy (non-hydrogen) atoms. The van der Waals surface area contributed by atoms with Crippen molar-refractivity contribution < 1.29 is 40.8 Å². The Morgan fingerprint density at radius 2 is 0.711 bits per heavy atom. The van der Waals surface area contributed by atoms with Gasteiger partial charge in [0.25, 0.3) is 0 Å². The number of rotatable bonds is 57. The van der Waals surface area contributed by atoms with Gasteiger partial charge in [0.2, 0.25) is 11.9 Å². The number of nitrogens with one attached hydrogen (secondary N) is 1.